The summed E-state index contributed by atoms with van der Waals surface area (Å²) in [5, 5.41) is 0. The van der Waals surface area contributed by atoms with E-state index in [1.54, 1.807) is 11.2 Å². The zero-order chi connectivity index (χ0) is 13.8. The van der Waals surface area contributed by atoms with Crippen LogP contribution in [0.15, 0.2) is 39.4 Å². The third-order valence-corrected chi connectivity index (χ3v) is 3.97. The Kier molecular flexibility index (Phi) is 4.61. The molecule has 1 amide bonds. The zero-order valence-corrected chi connectivity index (χ0v) is 12.5. The molecule has 1 fully saturated rings. The van der Waals surface area contributed by atoms with Crippen LogP contribution >= 0.6 is 24.0 Å². The van der Waals surface area contributed by atoms with E-state index in [9.17, 15) is 4.79 Å². The normalized spacial score (nSPS) is 18.7. The maximum atomic E-state index is 12.1. The van der Waals surface area contributed by atoms with Crippen LogP contribution in [0, 0.1) is 0 Å². The third-order valence-electron chi connectivity index (χ3n) is 2.59. The van der Waals surface area contributed by atoms with Crippen LogP contribution < -0.4 is 0 Å². The van der Waals surface area contributed by atoms with Gasteiger partial charge in [-0.05, 0) is 43.2 Å². The number of allylic oxidation sites excluding steroid dienone is 2. The highest BCUT2D eigenvalue weighted by Gasteiger charge is 2.30. The Balaban J connectivity index is 2.16. The van der Waals surface area contributed by atoms with Gasteiger partial charge in [0.25, 0.3) is 5.91 Å². The molecule has 0 bridgehead atoms. The van der Waals surface area contributed by atoms with Crippen molar-refractivity contribution in [2.45, 2.75) is 20.3 Å². The van der Waals surface area contributed by atoms with Gasteiger partial charge in [-0.15, -0.1) is 0 Å². The zero-order valence-electron chi connectivity index (χ0n) is 10.9. The molecule has 0 saturated carbocycles. The molecule has 100 valence electrons. The molecular weight excluding hydrogens is 278 g/mol. The Bertz CT molecular complexity index is 544. The number of furan rings is 1. The fraction of sp³-hybridized carbons (Fsp3) is 0.286. The molecule has 1 aromatic rings. The molecule has 0 spiro atoms. The molecule has 19 heavy (non-hydrogen) atoms. The number of hydrogen-bond donors (Lipinski definition) is 0. The molecule has 2 heterocycles. The maximum absolute atomic E-state index is 12.1. The summed E-state index contributed by atoms with van der Waals surface area (Å²) in [6, 6.07) is 3.71. The van der Waals surface area contributed by atoms with Gasteiger partial charge in [0.05, 0.1) is 11.2 Å². The number of nitrogens with zero attached hydrogens (tertiary/aromatic N) is 1. The van der Waals surface area contributed by atoms with Crippen molar-refractivity contribution in [2.75, 3.05) is 6.54 Å². The summed E-state index contributed by atoms with van der Waals surface area (Å²) in [5.74, 6) is 0.779. The minimum Gasteiger partial charge on any atom is -0.465 e. The predicted molar refractivity (Wildman–Crippen MR) is 82.6 cm³/mol. The molecule has 0 atom stereocenters. The van der Waals surface area contributed by atoms with Gasteiger partial charge in [-0.25, -0.2) is 0 Å². The lowest BCUT2D eigenvalue weighted by molar-refractivity contribution is -0.122. The van der Waals surface area contributed by atoms with Gasteiger partial charge >= 0.3 is 0 Å². The molecule has 2 rings (SSSR count). The molecule has 1 aliphatic heterocycles. The van der Waals surface area contributed by atoms with Gasteiger partial charge in [0.2, 0.25) is 0 Å². The lowest BCUT2D eigenvalue weighted by Crippen LogP contribution is -2.28. The van der Waals surface area contributed by atoms with Crippen molar-refractivity contribution in [1.82, 2.24) is 4.90 Å². The van der Waals surface area contributed by atoms with Crippen molar-refractivity contribution in [1.29, 1.82) is 0 Å². The molecule has 5 heteroatoms. The SMILES string of the molecule is CCCN1C(=O)/C(=C\C(C)=C\c2ccco2)SC1=S. The second-order valence-corrected chi connectivity index (χ2v) is 5.91. The fourth-order valence-corrected chi connectivity index (χ4v) is 3.12. The fourth-order valence-electron chi connectivity index (χ4n) is 1.76. The molecule has 0 radical (unpaired) electrons. The van der Waals surface area contributed by atoms with Gasteiger partial charge in [0.1, 0.15) is 10.1 Å². The summed E-state index contributed by atoms with van der Waals surface area (Å²) >= 11 is 6.58. The Morgan fingerprint density at radius 3 is 3.00 bits per heavy atom. The van der Waals surface area contributed by atoms with E-state index in [1.807, 2.05) is 38.1 Å². The molecule has 3 nitrogen and oxygen atoms in total. The average Bonchev–Trinajstić information content (AvgIpc) is 2.94. The molecule has 0 aromatic carbocycles. The van der Waals surface area contributed by atoms with Crippen molar-refractivity contribution >= 4 is 40.3 Å². The number of carbonyl (C=O) groups excluding carboxylic acids is 1. The number of thiocarbonyl (C=S) groups is 1. The van der Waals surface area contributed by atoms with E-state index < -0.39 is 0 Å². The first-order valence-electron chi connectivity index (χ1n) is 6.09. The van der Waals surface area contributed by atoms with E-state index >= 15 is 0 Å². The highest BCUT2D eigenvalue weighted by molar-refractivity contribution is 8.26. The van der Waals surface area contributed by atoms with Crippen LogP contribution in [0.5, 0.6) is 0 Å². The Morgan fingerprint density at radius 1 is 1.58 bits per heavy atom. The summed E-state index contributed by atoms with van der Waals surface area (Å²) < 4.78 is 5.89. The number of hydrogen-bond acceptors (Lipinski definition) is 4. The van der Waals surface area contributed by atoms with E-state index in [4.69, 9.17) is 16.6 Å². The van der Waals surface area contributed by atoms with Crippen molar-refractivity contribution < 1.29 is 9.21 Å². The smallest absolute Gasteiger partial charge is 0.266 e. The minimum atomic E-state index is 0.00375. The Labute approximate surface area is 122 Å². The lowest BCUT2D eigenvalue weighted by Gasteiger charge is -2.11. The monoisotopic (exact) mass is 293 g/mol. The van der Waals surface area contributed by atoms with Crippen molar-refractivity contribution in [3.63, 3.8) is 0 Å². The van der Waals surface area contributed by atoms with Crippen LogP contribution in [-0.4, -0.2) is 21.7 Å². The van der Waals surface area contributed by atoms with Gasteiger partial charge in [-0.1, -0.05) is 30.9 Å². The quantitative estimate of drug-likeness (QED) is 0.624. The first kappa shape index (κ1) is 14.1. The molecular formula is C14H15NO2S2. The van der Waals surface area contributed by atoms with Crippen molar-refractivity contribution in [3.8, 4) is 0 Å². The topological polar surface area (TPSA) is 33.5 Å². The second-order valence-electron chi connectivity index (χ2n) is 4.24. The predicted octanol–water partition coefficient (Wildman–Crippen LogP) is 3.84. The third kappa shape index (κ3) is 3.36. The largest absolute Gasteiger partial charge is 0.465 e. The Hall–Kier alpha value is -1.33. The molecule has 1 aromatic heterocycles. The van der Waals surface area contributed by atoms with Gasteiger partial charge in [-0.3, -0.25) is 9.69 Å². The minimum absolute atomic E-state index is 0.00375. The summed E-state index contributed by atoms with van der Waals surface area (Å²) in [6.07, 6.45) is 6.28. The summed E-state index contributed by atoms with van der Waals surface area (Å²) in [5.41, 5.74) is 0.965. The van der Waals surface area contributed by atoms with Gasteiger partial charge in [-0.2, -0.15) is 0 Å². The number of thioether (sulfide) groups is 1. The van der Waals surface area contributed by atoms with E-state index in [-0.39, 0.29) is 5.91 Å². The van der Waals surface area contributed by atoms with Crippen LogP contribution in [0.1, 0.15) is 26.0 Å². The van der Waals surface area contributed by atoms with Crippen molar-refractivity contribution in [2.24, 2.45) is 0 Å². The lowest BCUT2D eigenvalue weighted by atomic mass is 10.2. The van der Waals surface area contributed by atoms with Crippen LogP contribution in [0.25, 0.3) is 6.08 Å². The molecule has 0 N–H and O–H groups in total. The van der Waals surface area contributed by atoms with Gasteiger partial charge in [0, 0.05) is 6.54 Å². The molecule has 0 unspecified atom stereocenters. The summed E-state index contributed by atoms with van der Waals surface area (Å²) in [4.78, 5) is 14.5. The number of carbonyl (C=O) groups is 1. The second kappa shape index (κ2) is 6.21. The van der Waals surface area contributed by atoms with Crippen LogP contribution in [0.4, 0.5) is 0 Å². The molecule has 0 aliphatic carbocycles. The first-order chi connectivity index (χ1) is 9.11. The van der Waals surface area contributed by atoms with E-state index in [0.29, 0.717) is 15.8 Å². The van der Waals surface area contributed by atoms with Crippen LogP contribution in [0.2, 0.25) is 0 Å². The highest BCUT2D eigenvalue weighted by atomic mass is 32.2. The van der Waals surface area contributed by atoms with E-state index in [0.717, 1.165) is 17.8 Å². The highest BCUT2D eigenvalue weighted by Crippen LogP contribution is 2.32. The van der Waals surface area contributed by atoms with Gasteiger partial charge < -0.3 is 4.42 Å². The standard InChI is InChI=1S/C14H15NO2S2/c1-3-6-15-13(16)12(19-14(15)18)9-10(2)8-11-5-4-7-17-11/h4-5,7-9H,3,6H2,1-2H3/b10-8+,12-9+. The molecule has 1 aliphatic rings. The summed E-state index contributed by atoms with van der Waals surface area (Å²) in [6.45, 7) is 4.65. The van der Waals surface area contributed by atoms with E-state index in [2.05, 4.69) is 0 Å². The van der Waals surface area contributed by atoms with Crippen molar-refractivity contribution in [3.05, 3.63) is 40.7 Å². The van der Waals surface area contributed by atoms with Crippen LogP contribution in [0.3, 0.4) is 0 Å². The Morgan fingerprint density at radius 2 is 2.37 bits per heavy atom. The van der Waals surface area contributed by atoms with E-state index in [1.165, 1.54) is 11.8 Å². The van der Waals surface area contributed by atoms with Gasteiger partial charge in [0.15, 0.2) is 0 Å². The number of amides is 1. The number of rotatable bonds is 4. The molecule has 1 saturated heterocycles. The first-order valence-corrected chi connectivity index (χ1v) is 7.31. The maximum Gasteiger partial charge on any atom is 0.266 e. The average molecular weight is 293 g/mol. The van der Waals surface area contributed by atoms with Crippen LogP contribution in [-0.2, 0) is 4.79 Å². The summed E-state index contributed by atoms with van der Waals surface area (Å²) in [7, 11) is 0.